The summed E-state index contributed by atoms with van der Waals surface area (Å²) in [6.45, 7) is 3.68. The fraction of sp³-hybridized carbons (Fsp3) is 0.467. The van der Waals surface area contributed by atoms with Gasteiger partial charge in [-0.05, 0) is 17.7 Å². The van der Waals surface area contributed by atoms with E-state index < -0.39 is 5.82 Å². The first-order valence-corrected chi connectivity index (χ1v) is 6.87. The Morgan fingerprint density at radius 3 is 2.33 bits per heavy atom. The first kappa shape index (κ1) is 15.3. The minimum absolute atomic E-state index is 0.0272. The Morgan fingerprint density at radius 2 is 1.81 bits per heavy atom. The predicted octanol–water partition coefficient (Wildman–Crippen LogP) is 1.07. The quantitative estimate of drug-likeness (QED) is 0.838. The fourth-order valence-electron chi connectivity index (χ4n) is 2.38. The van der Waals surface area contributed by atoms with Gasteiger partial charge in [-0.1, -0.05) is 6.07 Å². The van der Waals surface area contributed by atoms with E-state index in [0.29, 0.717) is 31.7 Å². The van der Waals surface area contributed by atoms with Crippen molar-refractivity contribution in [1.82, 2.24) is 9.80 Å². The lowest BCUT2D eigenvalue weighted by Crippen LogP contribution is -2.50. The maximum atomic E-state index is 13.6. The van der Waals surface area contributed by atoms with Crippen LogP contribution in [0.2, 0.25) is 0 Å². The molecule has 1 aromatic rings. The number of methoxy groups -OCH3 is 1. The Balaban J connectivity index is 1.93. The van der Waals surface area contributed by atoms with Gasteiger partial charge in [0.1, 0.15) is 0 Å². The third-order valence-corrected chi connectivity index (χ3v) is 3.65. The number of piperazine rings is 1. The summed E-state index contributed by atoms with van der Waals surface area (Å²) in [6.07, 6.45) is 0.154. The van der Waals surface area contributed by atoms with Crippen LogP contribution >= 0.6 is 0 Å². The molecular formula is C15H19FN2O3. The van der Waals surface area contributed by atoms with Gasteiger partial charge in [0.2, 0.25) is 11.8 Å². The smallest absolute Gasteiger partial charge is 0.227 e. The largest absolute Gasteiger partial charge is 0.494 e. The summed E-state index contributed by atoms with van der Waals surface area (Å²) in [6, 6.07) is 4.53. The van der Waals surface area contributed by atoms with E-state index in [4.69, 9.17) is 4.74 Å². The lowest BCUT2D eigenvalue weighted by atomic mass is 10.1. The second-order valence-corrected chi connectivity index (χ2v) is 5.03. The van der Waals surface area contributed by atoms with E-state index in [1.165, 1.54) is 26.2 Å². The molecule has 21 heavy (non-hydrogen) atoms. The van der Waals surface area contributed by atoms with E-state index in [1.54, 1.807) is 15.9 Å². The highest BCUT2D eigenvalue weighted by Crippen LogP contribution is 2.18. The highest BCUT2D eigenvalue weighted by atomic mass is 19.1. The molecular weight excluding hydrogens is 275 g/mol. The van der Waals surface area contributed by atoms with Gasteiger partial charge in [0.05, 0.1) is 13.5 Å². The maximum Gasteiger partial charge on any atom is 0.227 e. The molecule has 0 unspecified atom stereocenters. The van der Waals surface area contributed by atoms with Crippen LogP contribution in [0.4, 0.5) is 4.39 Å². The molecule has 0 spiro atoms. The van der Waals surface area contributed by atoms with E-state index in [2.05, 4.69) is 0 Å². The molecule has 0 aromatic heterocycles. The molecule has 0 radical (unpaired) electrons. The summed E-state index contributed by atoms with van der Waals surface area (Å²) in [5.74, 6) is -0.326. The number of ether oxygens (including phenoxy) is 1. The van der Waals surface area contributed by atoms with Gasteiger partial charge in [0.25, 0.3) is 0 Å². The van der Waals surface area contributed by atoms with Crippen LogP contribution in [0, 0.1) is 5.82 Å². The van der Waals surface area contributed by atoms with E-state index in [0.717, 1.165) is 0 Å². The molecule has 1 fully saturated rings. The van der Waals surface area contributed by atoms with Crippen LogP contribution in [0.3, 0.4) is 0 Å². The van der Waals surface area contributed by atoms with Crippen LogP contribution in [-0.4, -0.2) is 54.9 Å². The molecule has 5 nitrogen and oxygen atoms in total. The molecule has 0 bridgehead atoms. The van der Waals surface area contributed by atoms with Gasteiger partial charge in [0, 0.05) is 33.1 Å². The van der Waals surface area contributed by atoms with Crippen molar-refractivity contribution in [2.45, 2.75) is 13.3 Å². The van der Waals surface area contributed by atoms with Crippen LogP contribution in [-0.2, 0) is 16.0 Å². The zero-order valence-corrected chi connectivity index (χ0v) is 12.3. The lowest BCUT2D eigenvalue weighted by Gasteiger charge is -2.34. The molecule has 1 aliphatic rings. The molecule has 0 saturated carbocycles. The second kappa shape index (κ2) is 6.56. The normalized spacial score (nSPS) is 15.0. The zero-order valence-electron chi connectivity index (χ0n) is 12.3. The highest BCUT2D eigenvalue weighted by Gasteiger charge is 2.22. The van der Waals surface area contributed by atoms with E-state index in [9.17, 15) is 14.0 Å². The van der Waals surface area contributed by atoms with Crippen LogP contribution < -0.4 is 4.74 Å². The summed E-state index contributed by atoms with van der Waals surface area (Å²) >= 11 is 0. The minimum atomic E-state index is -0.468. The molecule has 0 aliphatic carbocycles. The molecule has 0 atom stereocenters. The lowest BCUT2D eigenvalue weighted by molar-refractivity contribution is -0.138. The predicted molar refractivity (Wildman–Crippen MR) is 75.5 cm³/mol. The van der Waals surface area contributed by atoms with Crippen molar-refractivity contribution < 1.29 is 18.7 Å². The first-order chi connectivity index (χ1) is 10.0. The van der Waals surface area contributed by atoms with Crippen LogP contribution in [0.25, 0.3) is 0 Å². The molecule has 2 rings (SSSR count). The van der Waals surface area contributed by atoms with Crippen molar-refractivity contribution in [2.24, 2.45) is 0 Å². The van der Waals surface area contributed by atoms with Crippen LogP contribution in [0.15, 0.2) is 18.2 Å². The standard InChI is InChI=1S/C15H19FN2O3/c1-11(19)17-5-7-18(8-6-17)15(20)10-12-3-4-14(21-2)13(16)9-12/h3-4,9H,5-8,10H2,1-2H3. The Morgan fingerprint density at radius 1 is 1.19 bits per heavy atom. The number of halogens is 1. The van der Waals surface area contributed by atoms with Crippen LogP contribution in [0.5, 0.6) is 5.75 Å². The Kier molecular flexibility index (Phi) is 4.77. The van der Waals surface area contributed by atoms with Crippen molar-refractivity contribution in [3.05, 3.63) is 29.6 Å². The van der Waals surface area contributed by atoms with Gasteiger partial charge in [0.15, 0.2) is 11.6 Å². The SMILES string of the molecule is COc1ccc(CC(=O)N2CCN(C(C)=O)CC2)cc1F. The third kappa shape index (κ3) is 3.71. The topological polar surface area (TPSA) is 49.9 Å². The van der Waals surface area contributed by atoms with Crippen molar-refractivity contribution in [2.75, 3.05) is 33.3 Å². The van der Waals surface area contributed by atoms with Gasteiger partial charge >= 0.3 is 0 Å². The average molecular weight is 294 g/mol. The highest BCUT2D eigenvalue weighted by molar-refractivity contribution is 5.79. The summed E-state index contributed by atoms with van der Waals surface area (Å²) in [5.41, 5.74) is 0.618. The summed E-state index contributed by atoms with van der Waals surface area (Å²) in [7, 11) is 1.40. The third-order valence-electron chi connectivity index (χ3n) is 3.65. The molecule has 1 heterocycles. The summed E-state index contributed by atoms with van der Waals surface area (Å²) < 4.78 is 18.4. The van der Waals surface area contributed by atoms with E-state index in [-0.39, 0.29) is 24.0 Å². The van der Waals surface area contributed by atoms with Crippen molar-refractivity contribution >= 4 is 11.8 Å². The maximum absolute atomic E-state index is 13.6. The molecule has 114 valence electrons. The number of benzene rings is 1. The monoisotopic (exact) mass is 294 g/mol. The van der Waals surface area contributed by atoms with Gasteiger partial charge in [-0.3, -0.25) is 9.59 Å². The second-order valence-electron chi connectivity index (χ2n) is 5.03. The summed E-state index contributed by atoms with van der Waals surface area (Å²) in [5, 5.41) is 0. The molecule has 1 aromatic carbocycles. The summed E-state index contributed by atoms with van der Waals surface area (Å²) in [4.78, 5) is 26.8. The zero-order chi connectivity index (χ0) is 15.4. The van der Waals surface area contributed by atoms with Crippen LogP contribution in [0.1, 0.15) is 12.5 Å². The average Bonchev–Trinajstić information content (AvgIpc) is 2.47. The fourth-order valence-corrected chi connectivity index (χ4v) is 2.38. The Bertz CT molecular complexity index is 540. The number of carbonyl (C=O) groups is 2. The van der Waals surface area contributed by atoms with Gasteiger partial charge in [-0.25, -0.2) is 4.39 Å². The van der Waals surface area contributed by atoms with Gasteiger partial charge < -0.3 is 14.5 Å². The van der Waals surface area contributed by atoms with E-state index in [1.807, 2.05) is 0 Å². The van der Waals surface area contributed by atoms with Crippen molar-refractivity contribution in [1.29, 1.82) is 0 Å². The molecule has 6 heteroatoms. The Hall–Kier alpha value is -2.11. The number of rotatable bonds is 3. The Labute approximate surface area is 123 Å². The van der Waals surface area contributed by atoms with E-state index >= 15 is 0 Å². The number of carbonyl (C=O) groups excluding carboxylic acids is 2. The number of hydrogen-bond acceptors (Lipinski definition) is 3. The van der Waals surface area contributed by atoms with Crippen molar-refractivity contribution in [3.8, 4) is 5.75 Å². The number of amides is 2. The number of hydrogen-bond donors (Lipinski definition) is 0. The first-order valence-electron chi connectivity index (χ1n) is 6.87. The van der Waals surface area contributed by atoms with Gasteiger partial charge in [-0.15, -0.1) is 0 Å². The molecule has 1 saturated heterocycles. The van der Waals surface area contributed by atoms with Crippen molar-refractivity contribution in [3.63, 3.8) is 0 Å². The minimum Gasteiger partial charge on any atom is -0.494 e. The molecule has 1 aliphatic heterocycles. The molecule has 2 amide bonds. The molecule has 0 N–H and O–H groups in total. The van der Waals surface area contributed by atoms with Gasteiger partial charge in [-0.2, -0.15) is 0 Å². The number of nitrogens with zero attached hydrogens (tertiary/aromatic N) is 2.